The number of thiazole rings is 1. The van der Waals surface area contributed by atoms with Gasteiger partial charge >= 0.3 is 0 Å². The van der Waals surface area contributed by atoms with Crippen LogP contribution in [0.1, 0.15) is 44.0 Å². The van der Waals surface area contributed by atoms with Crippen LogP contribution in [0.3, 0.4) is 0 Å². The summed E-state index contributed by atoms with van der Waals surface area (Å²) in [5.41, 5.74) is 1.10. The Morgan fingerprint density at radius 3 is 3.14 bits per heavy atom. The van der Waals surface area contributed by atoms with Crippen LogP contribution in [0.25, 0.3) is 10.2 Å². The van der Waals surface area contributed by atoms with Crippen LogP contribution in [0.4, 0.5) is 0 Å². The maximum absolute atomic E-state index is 5.92. The third-order valence-electron chi connectivity index (χ3n) is 4.02. The third kappa shape index (κ3) is 3.95. The Labute approximate surface area is 130 Å². The van der Waals surface area contributed by atoms with Crippen LogP contribution in [0.15, 0.2) is 18.2 Å². The van der Waals surface area contributed by atoms with Gasteiger partial charge in [0.15, 0.2) is 0 Å². The van der Waals surface area contributed by atoms with Crippen LogP contribution >= 0.6 is 11.3 Å². The number of rotatable bonds is 6. The summed E-state index contributed by atoms with van der Waals surface area (Å²) >= 11 is 1.79. The van der Waals surface area contributed by atoms with Crippen molar-refractivity contribution in [2.45, 2.75) is 51.5 Å². The number of aromatic nitrogens is 1. The molecule has 1 aromatic carbocycles. The van der Waals surface area contributed by atoms with Crippen molar-refractivity contribution in [2.75, 3.05) is 13.2 Å². The van der Waals surface area contributed by atoms with E-state index in [-0.39, 0.29) is 0 Å². The molecule has 1 aromatic heterocycles. The molecule has 4 heteroatoms. The molecule has 1 atom stereocenters. The molecule has 0 amide bonds. The van der Waals surface area contributed by atoms with Crippen LogP contribution in [-0.2, 0) is 6.42 Å². The molecule has 1 unspecified atom stereocenters. The molecule has 2 heterocycles. The van der Waals surface area contributed by atoms with Crippen molar-refractivity contribution >= 4 is 21.6 Å². The van der Waals surface area contributed by atoms with Gasteiger partial charge in [0.1, 0.15) is 5.75 Å². The van der Waals surface area contributed by atoms with Gasteiger partial charge in [-0.25, -0.2) is 4.98 Å². The topological polar surface area (TPSA) is 34.1 Å². The van der Waals surface area contributed by atoms with E-state index in [1.54, 1.807) is 11.3 Å². The summed E-state index contributed by atoms with van der Waals surface area (Å²) < 4.78 is 7.17. The first kappa shape index (κ1) is 14.8. The molecule has 1 saturated heterocycles. The summed E-state index contributed by atoms with van der Waals surface area (Å²) in [5.74, 6) is 0.977. The van der Waals surface area contributed by atoms with E-state index in [4.69, 9.17) is 4.74 Å². The minimum Gasteiger partial charge on any atom is -0.493 e. The first-order valence-electron chi connectivity index (χ1n) is 8.11. The second kappa shape index (κ2) is 7.23. The summed E-state index contributed by atoms with van der Waals surface area (Å²) in [6, 6.07) is 6.91. The largest absolute Gasteiger partial charge is 0.493 e. The first-order chi connectivity index (χ1) is 10.3. The number of fused-ring (bicyclic) bond motifs is 1. The summed E-state index contributed by atoms with van der Waals surface area (Å²) in [7, 11) is 0. The molecule has 1 N–H and O–H groups in total. The number of hydrogen-bond donors (Lipinski definition) is 1. The maximum atomic E-state index is 5.92. The molecule has 1 aliphatic rings. The Morgan fingerprint density at radius 1 is 1.38 bits per heavy atom. The van der Waals surface area contributed by atoms with Crippen LogP contribution in [0.2, 0.25) is 0 Å². The van der Waals surface area contributed by atoms with Gasteiger partial charge in [-0.05, 0) is 56.8 Å². The second-order valence-corrected chi connectivity index (χ2v) is 6.89. The van der Waals surface area contributed by atoms with E-state index in [1.165, 1.54) is 29.0 Å². The average molecular weight is 304 g/mol. The minimum absolute atomic E-state index is 0.641. The summed E-state index contributed by atoms with van der Waals surface area (Å²) in [4.78, 5) is 4.65. The molecule has 0 aliphatic carbocycles. The normalized spacial score (nSPS) is 19.0. The number of piperidine rings is 1. The predicted molar refractivity (Wildman–Crippen MR) is 89.4 cm³/mol. The Hall–Kier alpha value is -1.13. The lowest BCUT2D eigenvalue weighted by Gasteiger charge is -2.23. The van der Waals surface area contributed by atoms with Gasteiger partial charge in [0.2, 0.25) is 0 Å². The van der Waals surface area contributed by atoms with Gasteiger partial charge in [-0.1, -0.05) is 13.3 Å². The highest BCUT2D eigenvalue weighted by atomic mass is 32.1. The molecule has 21 heavy (non-hydrogen) atoms. The smallest absolute Gasteiger partial charge is 0.120 e. The Bertz CT molecular complexity index is 575. The predicted octanol–water partition coefficient (Wildman–Crippen LogP) is 4.16. The number of ether oxygens (including phenoxy) is 1. The van der Waals surface area contributed by atoms with Crippen LogP contribution in [0.5, 0.6) is 5.75 Å². The average Bonchev–Trinajstić information content (AvgIpc) is 2.90. The number of aryl methyl sites for hydroxylation is 1. The molecule has 1 fully saturated rings. The van der Waals surface area contributed by atoms with Gasteiger partial charge in [-0.15, -0.1) is 11.3 Å². The highest BCUT2D eigenvalue weighted by molar-refractivity contribution is 7.18. The number of benzene rings is 1. The molecule has 114 valence electrons. The van der Waals surface area contributed by atoms with Crippen molar-refractivity contribution < 1.29 is 4.74 Å². The molecule has 3 nitrogen and oxygen atoms in total. The molecule has 2 aromatic rings. The van der Waals surface area contributed by atoms with Gasteiger partial charge < -0.3 is 10.1 Å². The second-order valence-electron chi connectivity index (χ2n) is 5.77. The first-order valence-corrected chi connectivity index (χ1v) is 8.92. The molecule has 0 bridgehead atoms. The number of nitrogens with one attached hydrogen (secondary N) is 1. The van der Waals surface area contributed by atoms with Gasteiger partial charge in [-0.3, -0.25) is 0 Å². The SMILES string of the molecule is CCCc1nc2ccc(OCCC3CCCCN3)cc2s1. The Morgan fingerprint density at radius 2 is 2.33 bits per heavy atom. The Kier molecular flexibility index (Phi) is 5.09. The summed E-state index contributed by atoms with van der Waals surface area (Å²) in [6.07, 6.45) is 7.28. The molecule has 0 radical (unpaired) electrons. The van der Waals surface area contributed by atoms with Crippen molar-refractivity contribution in [2.24, 2.45) is 0 Å². The number of nitrogens with zero attached hydrogens (tertiary/aromatic N) is 1. The lowest BCUT2D eigenvalue weighted by atomic mass is 10.0. The quantitative estimate of drug-likeness (QED) is 0.870. The van der Waals surface area contributed by atoms with Crippen molar-refractivity contribution in [3.63, 3.8) is 0 Å². The molecular formula is C17H24N2OS. The lowest BCUT2D eigenvalue weighted by molar-refractivity contribution is 0.268. The molecular weight excluding hydrogens is 280 g/mol. The highest BCUT2D eigenvalue weighted by Gasteiger charge is 2.12. The van der Waals surface area contributed by atoms with Gasteiger partial charge in [0.05, 0.1) is 21.8 Å². The lowest BCUT2D eigenvalue weighted by Crippen LogP contribution is -2.35. The van der Waals surface area contributed by atoms with Gasteiger partial charge in [-0.2, -0.15) is 0 Å². The maximum Gasteiger partial charge on any atom is 0.120 e. The third-order valence-corrected chi connectivity index (χ3v) is 5.09. The van der Waals surface area contributed by atoms with E-state index in [0.29, 0.717) is 6.04 Å². The van der Waals surface area contributed by atoms with Crippen molar-refractivity contribution in [1.29, 1.82) is 0 Å². The fourth-order valence-corrected chi connectivity index (χ4v) is 3.95. The van der Waals surface area contributed by atoms with Crippen molar-refractivity contribution in [3.05, 3.63) is 23.2 Å². The fourth-order valence-electron chi connectivity index (χ4n) is 2.85. The fraction of sp³-hybridized carbons (Fsp3) is 0.588. The standard InChI is InChI=1S/C17H24N2OS/c1-2-5-17-19-15-8-7-14(12-16(15)21-17)20-11-9-13-6-3-4-10-18-13/h7-8,12-13,18H,2-6,9-11H2,1H3. The van der Waals surface area contributed by atoms with E-state index in [0.717, 1.165) is 43.7 Å². The molecule has 3 rings (SSSR count). The zero-order valence-corrected chi connectivity index (χ0v) is 13.5. The van der Waals surface area contributed by atoms with Crippen LogP contribution in [0, 0.1) is 0 Å². The van der Waals surface area contributed by atoms with Gasteiger partial charge in [0, 0.05) is 6.04 Å². The minimum atomic E-state index is 0.641. The van der Waals surface area contributed by atoms with Gasteiger partial charge in [0.25, 0.3) is 0 Å². The zero-order valence-electron chi connectivity index (χ0n) is 12.7. The van der Waals surface area contributed by atoms with Crippen molar-refractivity contribution in [1.82, 2.24) is 10.3 Å². The molecule has 0 saturated carbocycles. The van der Waals surface area contributed by atoms with Crippen LogP contribution in [-0.4, -0.2) is 24.2 Å². The van der Waals surface area contributed by atoms with E-state index < -0.39 is 0 Å². The molecule has 0 spiro atoms. The van der Waals surface area contributed by atoms with E-state index >= 15 is 0 Å². The summed E-state index contributed by atoms with van der Waals surface area (Å²) in [5, 5.41) is 4.80. The van der Waals surface area contributed by atoms with Crippen LogP contribution < -0.4 is 10.1 Å². The van der Waals surface area contributed by atoms with E-state index in [1.807, 2.05) is 6.07 Å². The highest BCUT2D eigenvalue weighted by Crippen LogP contribution is 2.27. The van der Waals surface area contributed by atoms with Crippen molar-refractivity contribution in [3.8, 4) is 5.75 Å². The van der Waals surface area contributed by atoms with E-state index in [9.17, 15) is 0 Å². The number of hydrogen-bond acceptors (Lipinski definition) is 4. The Balaban J connectivity index is 1.56. The molecule has 1 aliphatic heterocycles. The zero-order chi connectivity index (χ0) is 14.5. The monoisotopic (exact) mass is 304 g/mol. The summed E-state index contributed by atoms with van der Waals surface area (Å²) in [6.45, 7) is 4.15. The van der Waals surface area contributed by atoms with E-state index in [2.05, 4.69) is 29.4 Å².